The highest BCUT2D eigenvalue weighted by molar-refractivity contribution is 5.74. The monoisotopic (exact) mass is 255 g/mol. The molecule has 1 aliphatic carbocycles. The quantitative estimate of drug-likeness (QED) is 0.721. The van der Waals surface area contributed by atoms with Crippen LogP contribution < -0.4 is 0 Å². The first-order valence-corrected chi connectivity index (χ1v) is 7.19. The Balaban J connectivity index is 1.96. The van der Waals surface area contributed by atoms with E-state index in [2.05, 4.69) is 11.8 Å². The summed E-state index contributed by atoms with van der Waals surface area (Å²) in [6.45, 7) is 4.58. The van der Waals surface area contributed by atoms with Gasteiger partial charge in [0.15, 0.2) is 6.10 Å². The SMILES string of the molecule is CCC1CCCCC1N1CCOC(C(=O)OC)C1. The van der Waals surface area contributed by atoms with Gasteiger partial charge in [-0.15, -0.1) is 0 Å². The molecule has 3 atom stereocenters. The average molecular weight is 255 g/mol. The van der Waals surface area contributed by atoms with Gasteiger partial charge in [0, 0.05) is 19.1 Å². The fourth-order valence-electron chi connectivity index (χ4n) is 3.39. The van der Waals surface area contributed by atoms with Crippen molar-refractivity contribution >= 4 is 5.97 Å². The fraction of sp³-hybridized carbons (Fsp3) is 0.929. The van der Waals surface area contributed by atoms with Crippen LogP contribution in [0.5, 0.6) is 0 Å². The lowest BCUT2D eigenvalue weighted by Crippen LogP contribution is -2.53. The van der Waals surface area contributed by atoms with E-state index < -0.39 is 0 Å². The Kier molecular flexibility index (Phi) is 5.01. The van der Waals surface area contributed by atoms with Crippen molar-refractivity contribution in [2.24, 2.45) is 5.92 Å². The summed E-state index contributed by atoms with van der Waals surface area (Å²) in [4.78, 5) is 14.0. The molecule has 0 aromatic carbocycles. The van der Waals surface area contributed by atoms with Crippen molar-refractivity contribution in [3.8, 4) is 0 Å². The Bertz CT molecular complexity index is 282. The smallest absolute Gasteiger partial charge is 0.336 e. The topological polar surface area (TPSA) is 38.8 Å². The van der Waals surface area contributed by atoms with E-state index in [1.807, 2.05) is 0 Å². The second-order valence-electron chi connectivity index (χ2n) is 5.40. The summed E-state index contributed by atoms with van der Waals surface area (Å²) < 4.78 is 10.3. The van der Waals surface area contributed by atoms with Crippen molar-refractivity contribution in [1.82, 2.24) is 4.90 Å². The maximum Gasteiger partial charge on any atom is 0.336 e. The number of hydrogen-bond acceptors (Lipinski definition) is 4. The predicted octanol–water partition coefficient (Wildman–Crippen LogP) is 1.83. The number of esters is 1. The Morgan fingerprint density at radius 1 is 1.39 bits per heavy atom. The first kappa shape index (κ1) is 13.8. The van der Waals surface area contributed by atoms with Crippen LogP contribution in [0.15, 0.2) is 0 Å². The lowest BCUT2D eigenvalue weighted by Gasteiger charge is -2.43. The fourth-order valence-corrected chi connectivity index (χ4v) is 3.39. The molecule has 1 saturated heterocycles. The Morgan fingerprint density at radius 2 is 2.17 bits per heavy atom. The number of hydrogen-bond donors (Lipinski definition) is 0. The zero-order valence-corrected chi connectivity index (χ0v) is 11.6. The van der Waals surface area contributed by atoms with Crippen molar-refractivity contribution in [3.05, 3.63) is 0 Å². The minimum absolute atomic E-state index is 0.233. The molecule has 0 spiro atoms. The van der Waals surface area contributed by atoms with Crippen LogP contribution in [0, 0.1) is 5.92 Å². The molecule has 2 fully saturated rings. The molecule has 2 aliphatic rings. The van der Waals surface area contributed by atoms with Crippen molar-refractivity contribution < 1.29 is 14.3 Å². The van der Waals surface area contributed by atoms with Crippen LogP contribution in [0.4, 0.5) is 0 Å². The van der Waals surface area contributed by atoms with Gasteiger partial charge in [-0.05, 0) is 18.8 Å². The molecule has 1 heterocycles. The zero-order chi connectivity index (χ0) is 13.0. The van der Waals surface area contributed by atoms with E-state index in [0.717, 1.165) is 12.5 Å². The minimum atomic E-state index is -0.386. The third kappa shape index (κ3) is 3.04. The molecule has 1 saturated carbocycles. The molecule has 0 radical (unpaired) electrons. The van der Waals surface area contributed by atoms with Crippen molar-refractivity contribution in [3.63, 3.8) is 0 Å². The Morgan fingerprint density at radius 3 is 2.89 bits per heavy atom. The molecule has 0 aromatic rings. The molecule has 2 rings (SSSR count). The molecule has 3 unspecified atom stereocenters. The highest BCUT2D eigenvalue weighted by Gasteiger charge is 2.35. The van der Waals surface area contributed by atoms with Gasteiger partial charge in [-0.1, -0.05) is 26.2 Å². The third-order valence-electron chi connectivity index (χ3n) is 4.42. The van der Waals surface area contributed by atoms with Crippen LogP contribution in [0.1, 0.15) is 39.0 Å². The largest absolute Gasteiger partial charge is 0.467 e. The van der Waals surface area contributed by atoms with Crippen LogP contribution >= 0.6 is 0 Å². The van der Waals surface area contributed by atoms with E-state index in [-0.39, 0.29) is 12.1 Å². The van der Waals surface area contributed by atoms with Crippen molar-refractivity contribution in [2.75, 3.05) is 26.8 Å². The van der Waals surface area contributed by atoms with Crippen LogP contribution in [0.3, 0.4) is 0 Å². The number of ether oxygens (including phenoxy) is 2. The van der Waals surface area contributed by atoms with Crippen molar-refractivity contribution in [2.45, 2.75) is 51.2 Å². The molecule has 4 nitrogen and oxygen atoms in total. The van der Waals surface area contributed by atoms with Gasteiger partial charge in [0.1, 0.15) is 0 Å². The molecular weight excluding hydrogens is 230 g/mol. The number of nitrogens with zero attached hydrogens (tertiary/aromatic N) is 1. The first-order valence-electron chi connectivity index (χ1n) is 7.19. The maximum atomic E-state index is 11.6. The van der Waals surface area contributed by atoms with Crippen LogP contribution in [0.2, 0.25) is 0 Å². The summed E-state index contributed by atoms with van der Waals surface area (Å²) in [5.41, 5.74) is 0. The molecule has 4 heteroatoms. The Labute approximate surface area is 110 Å². The minimum Gasteiger partial charge on any atom is -0.467 e. The molecule has 0 aromatic heterocycles. The van der Waals surface area contributed by atoms with E-state index in [9.17, 15) is 4.79 Å². The summed E-state index contributed by atoms with van der Waals surface area (Å²) in [7, 11) is 1.43. The number of methoxy groups -OCH3 is 1. The summed E-state index contributed by atoms with van der Waals surface area (Å²) in [6, 6.07) is 0.639. The summed E-state index contributed by atoms with van der Waals surface area (Å²) >= 11 is 0. The normalized spacial score (nSPS) is 34.2. The van der Waals surface area contributed by atoms with E-state index >= 15 is 0 Å². The van der Waals surface area contributed by atoms with Gasteiger partial charge in [-0.3, -0.25) is 4.90 Å². The molecule has 0 bridgehead atoms. The second-order valence-corrected chi connectivity index (χ2v) is 5.40. The molecule has 0 N–H and O–H groups in total. The highest BCUT2D eigenvalue weighted by Crippen LogP contribution is 2.31. The van der Waals surface area contributed by atoms with E-state index in [0.29, 0.717) is 19.2 Å². The van der Waals surface area contributed by atoms with Gasteiger partial charge in [0.25, 0.3) is 0 Å². The van der Waals surface area contributed by atoms with Crippen LogP contribution in [0.25, 0.3) is 0 Å². The predicted molar refractivity (Wildman–Crippen MR) is 69.4 cm³/mol. The van der Waals surface area contributed by atoms with E-state index in [1.54, 1.807) is 0 Å². The number of carbonyl (C=O) groups is 1. The molecule has 18 heavy (non-hydrogen) atoms. The third-order valence-corrected chi connectivity index (χ3v) is 4.42. The standard InChI is InChI=1S/C14H25NO3/c1-3-11-6-4-5-7-12(11)15-8-9-18-13(10-15)14(16)17-2/h11-13H,3-10H2,1-2H3. The van der Waals surface area contributed by atoms with Gasteiger partial charge in [-0.2, -0.15) is 0 Å². The number of rotatable bonds is 3. The second kappa shape index (κ2) is 6.53. The summed E-state index contributed by atoms with van der Waals surface area (Å²) in [5, 5.41) is 0. The molecule has 104 valence electrons. The van der Waals surface area contributed by atoms with Crippen LogP contribution in [-0.4, -0.2) is 49.8 Å². The lowest BCUT2D eigenvalue weighted by atomic mass is 9.81. The number of carbonyl (C=O) groups excluding carboxylic acids is 1. The first-order chi connectivity index (χ1) is 8.76. The van der Waals surface area contributed by atoms with Gasteiger partial charge in [-0.25, -0.2) is 4.79 Å². The van der Waals surface area contributed by atoms with Gasteiger partial charge >= 0.3 is 5.97 Å². The van der Waals surface area contributed by atoms with Gasteiger partial charge in [0.2, 0.25) is 0 Å². The summed E-state index contributed by atoms with van der Waals surface area (Å²) in [6.07, 6.45) is 6.14. The highest BCUT2D eigenvalue weighted by atomic mass is 16.6. The van der Waals surface area contributed by atoms with Crippen molar-refractivity contribution in [1.29, 1.82) is 0 Å². The lowest BCUT2D eigenvalue weighted by molar-refractivity contribution is -0.161. The van der Waals surface area contributed by atoms with E-state index in [4.69, 9.17) is 9.47 Å². The average Bonchev–Trinajstić information content (AvgIpc) is 2.46. The van der Waals surface area contributed by atoms with Gasteiger partial charge < -0.3 is 9.47 Å². The zero-order valence-electron chi connectivity index (χ0n) is 11.6. The van der Waals surface area contributed by atoms with Crippen LogP contribution in [-0.2, 0) is 14.3 Å². The molecule has 0 amide bonds. The van der Waals surface area contributed by atoms with Gasteiger partial charge in [0.05, 0.1) is 13.7 Å². The number of morpholine rings is 1. The van der Waals surface area contributed by atoms with E-state index in [1.165, 1.54) is 39.2 Å². The molecular formula is C14H25NO3. The summed E-state index contributed by atoms with van der Waals surface area (Å²) in [5.74, 6) is 0.554. The Hall–Kier alpha value is -0.610. The molecule has 1 aliphatic heterocycles. The maximum absolute atomic E-state index is 11.6.